The molecule has 108 valence electrons. The Hall–Kier alpha value is -2.51. The molecule has 0 atom stereocenters. The van der Waals surface area contributed by atoms with Crippen LogP contribution in [0.25, 0.3) is 21.1 Å². The lowest BCUT2D eigenvalue weighted by Gasteiger charge is -2.07. The molecule has 0 saturated heterocycles. The Balaban J connectivity index is 2.31. The largest absolute Gasteiger partial charge is 0.267 e. The summed E-state index contributed by atoms with van der Waals surface area (Å²) >= 11 is 1.69. The van der Waals surface area contributed by atoms with Gasteiger partial charge in [0.15, 0.2) is 23.8 Å². The highest BCUT2D eigenvalue weighted by atomic mass is 32.1. The second-order valence-corrected chi connectivity index (χ2v) is 6.17. The highest BCUT2D eigenvalue weighted by molar-refractivity contribution is 7.12. The van der Waals surface area contributed by atoms with Crippen molar-refractivity contribution in [2.45, 2.75) is 13.8 Å². The Labute approximate surface area is 134 Å². The van der Waals surface area contributed by atoms with Crippen LogP contribution in [0, 0.1) is 20.4 Å². The third kappa shape index (κ3) is 2.40. The molecular weight excluding hydrogens is 290 g/mol. The van der Waals surface area contributed by atoms with Gasteiger partial charge in [0, 0.05) is 30.7 Å². The van der Waals surface area contributed by atoms with Gasteiger partial charge in [0.25, 0.3) is 5.01 Å². The first kappa shape index (κ1) is 14.4. The summed E-state index contributed by atoms with van der Waals surface area (Å²) in [6.45, 7) is 11.6. The lowest BCUT2D eigenvalue weighted by atomic mass is 10.0. The summed E-state index contributed by atoms with van der Waals surface area (Å²) in [5.41, 5.74) is 5.19. The van der Waals surface area contributed by atoms with Crippen molar-refractivity contribution in [2.24, 2.45) is 7.05 Å². The summed E-state index contributed by atoms with van der Waals surface area (Å²) in [6.07, 6.45) is 4.09. The van der Waals surface area contributed by atoms with Crippen molar-refractivity contribution in [3.05, 3.63) is 70.8 Å². The van der Waals surface area contributed by atoms with E-state index in [2.05, 4.69) is 39.3 Å². The van der Waals surface area contributed by atoms with E-state index in [0.717, 1.165) is 16.9 Å². The van der Waals surface area contributed by atoms with Crippen LogP contribution >= 0.6 is 11.3 Å². The Morgan fingerprint density at radius 3 is 2.59 bits per heavy atom. The number of hydrogen-bond donors (Lipinski definition) is 0. The van der Waals surface area contributed by atoms with Gasteiger partial charge in [-0.15, -0.1) is 0 Å². The number of aryl methyl sites for hydroxylation is 2. The number of nitrogens with zero attached hydrogens (tertiary/aromatic N) is 3. The standard InChI is InChI=1S/C18H17N3S/c1-13-7-5-6-8-21(13)17-12-15(19-3)11-16(14(17)2)18-20(4)9-10-22-18/h5-12H,1-2,4H3/q+2. The number of pyridine rings is 1. The molecule has 0 aliphatic heterocycles. The second kappa shape index (κ2) is 5.70. The van der Waals surface area contributed by atoms with Crippen molar-refractivity contribution in [1.82, 2.24) is 0 Å². The molecule has 0 bridgehead atoms. The molecule has 3 rings (SSSR count). The SMILES string of the molecule is [C-]#[N+]c1cc(-c2scc[n+]2C)c(C)c(-[n+]2ccccc2C)c1. The molecule has 0 radical (unpaired) electrons. The molecule has 0 saturated carbocycles. The minimum absolute atomic E-state index is 0.666. The van der Waals surface area contributed by atoms with Gasteiger partial charge in [-0.25, -0.2) is 4.85 Å². The summed E-state index contributed by atoms with van der Waals surface area (Å²) in [7, 11) is 2.04. The van der Waals surface area contributed by atoms with E-state index in [-0.39, 0.29) is 0 Å². The first-order valence-electron chi connectivity index (χ1n) is 7.05. The fourth-order valence-electron chi connectivity index (χ4n) is 2.61. The average Bonchev–Trinajstić information content (AvgIpc) is 2.94. The lowest BCUT2D eigenvalue weighted by Crippen LogP contribution is -2.35. The third-order valence-electron chi connectivity index (χ3n) is 3.83. The molecule has 0 aliphatic carbocycles. The van der Waals surface area contributed by atoms with Crippen molar-refractivity contribution in [3.63, 3.8) is 0 Å². The van der Waals surface area contributed by atoms with Gasteiger partial charge in [-0.3, -0.25) is 0 Å². The molecule has 22 heavy (non-hydrogen) atoms. The maximum absolute atomic E-state index is 7.42. The molecule has 2 heterocycles. The zero-order chi connectivity index (χ0) is 15.7. The van der Waals surface area contributed by atoms with Crippen LogP contribution in [0.1, 0.15) is 11.3 Å². The van der Waals surface area contributed by atoms with E-state index in [4.69, 9.17) is 6.57 Å². The molecule has 0 fully saturated rings. The maximum atomic E-state index is 7.42. The molecule has 0 amide bonds. The van der Waals surface area contributed by atoms with Gasteiger partial charge in [0.1, 0.15) is 7.05 Å². The molecule has 0 N–H and O–H groups in total. The monoisotopic (exact) mass is 307 g/mol. The van der Waals surface area contributed by atoms with Crippen LogP contribution in [0.3, 0.4) is 0 Å². The summed E-state index contributed by atoms with van der Waals surface area (Å²) in [4.78, 5) is 3.66. The molecule has 3 aromatic rings. The Bertz CT molecular complexity index is 888. The van der Waals surface area contributed by atoms with E-state index in [1.807, 2.05) is 43.7 Å². The third-order valence-corrected chi connectivity index (χ3v) is 4.82. The first-order chi connectivity index (χ1) is 10.6. The van der Waals surface area contributed by atoms with E-state index in [1.54, 1.807) is 11.3 Å². The average molecular weight is 307 g/mol. The van der Waals surface area contributed by atoms with Crippen LogP contribution in [-0.2, 0) is 7.05 Å². The molecule has 4 heteroatoms. The van der Waals surface area contributed by atoms with Crippen LogP contribution < -0.4 is 9.13 Å². The molecule has 0 spiro atoms. The molecule has 2 aromatic heterocycles. The van der Waals surface area contributed by atoms with Gasteiger partial charge in [0.05, 0.1) is 17.5 Å². The summed E-state index contributed by atoms with van der Waals surface area (Å²) < 4.78 is 4.24. The second-order valence-electron chi connectivity index (χ2n) is 5.28. The quantitative estimate of drug-likeness (QED) is 0.506. The number of hydrogen-bond acceptors (Lipinski definition) is 1. The fraction of sp³-hybridized carbons (Fsp3) is 0.167. The van der Waals surface area contributed by atoms with E-state index < -0.39 is 0 Å². The lowest BCUT2D eigenvalue weighted by molar-refractivity contribution is -0.656. The number of benzene rings is 1. The van der Waals surface area contributed by atoms with E-state index >= 15 is 0 Å². The molecule has 0 unspecified atom stereocenters. The van der Waals surface area contributed by atoms with Crippen LogP contribution in [0.5, 0.6) is 0 Å². The fourth-order valence-corrected chi connectivity index (χ4v) is 3.55. The normalized spacial score (nSPS) is 10.5. The highest BCUT2D eigenvalue weighted by Crippen LogP contribution is 2.31. The first-order valence-corrected chi connectivity index (χ1v) is 7.93. The zero-order valence-electron chi connectivity index (χ0n) is 12.9. The summed E-state index contributed by atoms with van der Waals surface area (Å²) in [6, 6.07) is 10.1. The minimum atomic E-state index is 0.666. The van der Waals surface area contributed by atoms with Gasteiger partial charge in [-0.05, 0) is 13.0 Å². The van der Waals surface area contributed by atoms with E-state index in [1.165, 1.54) is 10.6 Å². The Morgan fingerprint density at radius 2 is 1.95 bits per heavy atom. The predicted molar refractivity (Wildman–Crippen MR) is 88.2 cm³/mol. The van der Waals surface area contributed by atoms with Crippen molar-refractivity contribution in [1.29, 1.82) is 0 Å². The van der Waals surface area contributed by atoms with Crippen molar-refractivity contribution < 1.29 is 9.13 Å². The predicted octanol–water partition coefficient (Wildman–Crippen LogP) is 3.68. The van der Waals surface area contributed by atoms with Gasteiger partial charge < -0.3 is 0 Å². The van der Waals surface area contributed by atoms with Crippen LogP contribution in [-0.4, -0.2) is 0 Å². The van der Waals surface area contributed by atoms with Crippen LogP contribution in [0.15, 0.2) is 48.1 Å². The summed E-state index contributed by atoms with van der Waals surface area (Å²) in [5, 5.41) is 3.23. The molecule has 0 aliphatic rings. The maximum Gasteiger partial charge on any atom is 0.267 e. The van der Waals surface area contributed by atoms with Gasteiger partial charge >= 0.3 is 0 Å². The van der Waals surface area contributed by atoms with Gasteiger partial charge in [-0.2, -0.15) is 9.13 Å². The summed E-state index contributed by atoms with van der Waals surface area (Å²) in [5.74, 6) is 0. The molecular formula is C18H17N3S+2. The molecule has 3 nitrogen and oxygen atoms in total. The Kier molecular flexibility index (Phi) is 3.74. The van der Waals surface area contributed by atoms with Crippen molar-refractivity contribution >= 4 is 17.0 Å². The van der Waals surface area contributed by atoms with Crippen LogP contribution in [0.2, 0.25) is 0 Å². The van der Waals surface area contributed by atoms with Crippen molar-refractivity contribution in [2.75, 3.05) is 0 Å². The van der Waals surface area contributed by atoms with Gasteiger partial charge in [0.2, 0.25) is 5.69 Å². The Morgan fingerprint density at radius 1 is 1.14 bits per heavy atom. The number of thiazole rings is 1. The number of aromatic nitrogens is 2. The van der Waals surface area contributed by atoms with Crippen molar-refractivity contribution in [3.8, 4) is 16.3 Å². The number of rotatable bonds is 2. The minimum Gasteiger partial charge on any atom is -0.238 e. The van der Waals surface area contributed by atoms with E-state index in [0.29, 0.717) is 5.69 Å². The zero-order valence-corrected chi connectivity index (χ0v) is 13.7. The smallest absolute Gasteiger partial charge is 0.238 e. The van der Waals surface area contributed by atoms with Crippen LogP contribution in [0.4, 0.5) is 5.69 Å². The molecule has 1 aromatic carbocycles. The highest BCUT2D eigenvalue weighted by Gasteiger charge is 2.22. The topological polar surface area (TPSA) is 12.1 Å². The van der Waals surface area contributed by atoms with E-state index in [9.17, 15) is 0 Å². The van der Waals surface area contributed by atoms with Gasteiger partial charge in [-0.1, -0.05) is 17.4 Å².